The minimum Gasteiger partial charge on any atom is -0.490 e. The van der Waals surface area contributed by atoms with Gasteiger partial charge in [-0.05, 0) is 50.2 Å². The van der Waals surface area contributed by atoms with Crippen molar-refractivity contribution >= 4 is 9.84 Å². The third-order valence-electron chi connectivity index (χ3n) is 4.09. The van der Waals surface area contributed by atoms with E-state index >= 15 is 0 Å². The van der Waals surface area contributed by atoms with Gasteiger partial charge in [-0.1, -0.05) is 0 Å². The van der Waals surface area contributed by atoms with Crippen molar-refractivity contribution in [3.63, 3.8) is 0 Å². The van der Waals surface area contributed by atoms with Crippen molar-refractivity contribution in [1.29, 1.82) is 0 Å². The highest BCUT2D eigenvalue weighted by atomic mass is 32.2. The molecule has 0 amide bonds. The summed E-state index contributed by atoms with van der Waals surface area (Å²) in [5.41, 5.74) is -0.455. The van der Waals surface area contributed by atoms with Gasteiger partial charge in [0.05, 0.1) is 10.6 Å². The van der Waals surface area contributed by atoms with Crippen molar-refractivity contribution in [1.82, 2.24) is 9.88 Å². The maximum atomic E-state index is 14.3. The van der Waals surface area contributed by atoms with E-state index in [0.29, 0.717) is 5.75 Å². The van der Waals surface area contributed by atoms with E-state index in [2.05, 4.69) is 5.32 Å². The van der Waals surface area contributed by atoms with E-state index in [9.17, 15) is 17.6 Å². The fourth-order valence-electron chi connectivity index (χ4n) is 2.75. The maximum absolute atomic E-state index is 14.3. The van der Waals surface area contributed by atoms with E-state index in [4.69, 9.17) is 4.74 Å². The number of benzene rings is 1. The van der Waals surface area contributed by atoms with Gasteiger partial charge in [0.15, 0.2) is 9.84 Å². The van der Waals surface area contributed by atoms with E-state index in [1.54, 1.807) is 6.07 Å². The van der Waals surface area contributed by atoms with Gasteiger partial charge < -0.3 is 10.1 Å². The molecule has 25 heavy (non-hydrogen) atoms. The smallest absolute Gasteiger partial charge is 0.258 e. The first-order valence-corrected chi connectivity index (χ1v) is 9.84. The maximum Gasteiger partial charge on any atom is 0.258 e. The van der Waals surface area contributed by atoms with Crippen LogP contribution in [0.3, 0.4) is 0 Å². The summed E-state index contributed by atoms with van der Waals surface area (Å²) in [5, 5.41) is 3.23. The Bertz CT molecular complexity index is 934. The molecule has 1 aliphatic heterocycles. The molecule has 0 unspecified atom stereocenters. The molecule has 1 fully saturated rings. The van der Waals surface area contributed by atoms with Crippen LogP contribution in [-0.4, -0.2) is 38.4 Å². The lowest BCUT2D eigenvalue weighted by molar-refractivity contribution is 0.162. The molecule has 1 N–H and O–H groups in total. The Morgan fingerprint density at radius 3 is 2.52 bits per heavy atom. The summed E-state index contributed by atoms with van der Waals surface area (Å²) >= 11 is 0. The van der Waals surface area contributed by atoms with Gasteiger partial charge in [-0.2, -0.15) is 0 Å². The standard InChI is InChI=1S/C17H19FN2O4S/c1-25(22,23)14-2-3-16(15(18)11-14)20-9-6-13(10-17(20)21)24-12-4-7-19-8-5-12/h2-3,6,9-12,19H,4-5,7-8H2,1H3. The third-order valence-corrected chi connectivity index (χ3v) is 5.20. The first-order valence-electron chi connectivity index (χ1n) is 7.95. The van der Waals surface area contributed by atoms with Crippen LogP contribution in [0.2, 0.25) is 0 Å². The molecule has 0 radical (unpaired) electrons. The highest BCUT2D eigenvalue weighted by Gasteiger charge is 2.16. The first kappa shape index (κ1) is 17.6. The van der Waals surface area contributed by atoms with Gasteiger partial charge in [0, 0.05) is 18.5 Å². The number of rotatable bonds is 4. The number of aromatic nitrogens is 1. The average molecular weight is 366 g/mol. The van der Waals surface area contributed by atoms with Crippen LogP contribution in [0.25, 0.3) is 5.69 Å². The molecule has 0 atom stereocenters. The normalized spacial score (nSPS) is 15.9. The number of nitrogens with zero attached hydrogens (tertiary/aromatic N) is 1. The monoisotopic (exact) mass is 366 g/mol. The molecular weight excluding hydrogens is 347 g/mol. The van der Waals surface area contributed by atoms with Crippen molar-refractivity contribution in [2.24, 2.45) is 0 Å². The number of ether oxygens (including phenoxy) is 1. The molecule has 134 valence electrons. The second-order valence-corrected chi connectivity index (χ2v) is 8.04. The molecule has 1 aromatic heterocycles. The van der Waals surface area contributed by atoms with E-state index in [1.807, 2.05) is 0 Å². The summed E-state index contributed by atoms with van der Waals surface area (Å²) in [4.78, 5) is 12.2. The molecule has 0 aliphatic carbocycles. The zero-order valence-electron chi connectivity index (χ0n) is 13.7. The number of hydrogen-bond acceptors (Lipinski definition) is 5. The number of halogens is 1. The number of sulfone groups is 1. The van der Waals surface area contributed by atoms with Crippen LogP contribution in [0.5, 0.6) is 5.75 Å². The minimum atomic E-state index is -3.51. The Morgan fingerprint density at radius 1 is 1.20 bits per heavy atom. The number of hydrogen-bond donors (Lipinski definition) is 1. The summed E-state index contributed by atoms with van der Waals surface area (Å²) in [7, 11) is -3.51. The lowest BCUT2D eigenvalue weighted by Gasteiger charge is -2.23. The predicted octanol–water partition coefficient (Wildman–Crippen LogP) is 1.51. The summed E-state index contributed by atoms with van der Waals surface area (Å²) in [6, 6.07) is 6.38. The van der Waals surface area contributed by atoms with Crippen LogP contribution in [0.1, 0.15) is 12.8 Å². The molecule has 1 aliphatic rings. The quantitative estimate of drug-likeness (QED) is 0.888. The SMILES string of the molecule is CS(=O)(=O)c1ccc(-n2ccc(OC3CCNCC3)cc2=O)c(F)c1. The van der Waals surface area contributed by atoms with Gasteiger partial charge in [0.2, 0.25) is 0 Å². The molecular formula is C17H19FN2O4S. The lowest BCUT2D eigenvalue weighted by atomic mass is 10.1. The summed E-state index contributed by atoms with van der Waals surface area (Å²) in [6.07, 6.45) is 4.22. The average Bonchev–Trinajstić information content (AvgIpc) is 2.56. The van der Waals surface area contributed by atoms with Gasteiger partial charge in [-0.15, -0.1) is 0 Å². The van der Waals surface area contributed by atoms with Gasteiger partial charge in [-0.3, -0.25) is 9.36 Å². The second kappa shape index (κ2) is 6.97. The second-order valence-electron chi connectivity index (χ2n) is 6.02. The molecule has 0 saturated carbocycles. The van der Waals surface area contributed by atoms with Crippen LogP contribution in [0.4, 0.5) is 4.39 Å². The largest absolute Gasteiger partial charge is 0.490 e. The fraction of sp³-hybridized carbons (Fsp3) is 0.353. The Hall–Kier alpha value is -2.19. The summed E-state index contributed by atoms with van der Waals surface area (Å²) in [5.74, 6) is -0.335. The van der Waals surface area contributed by atoms with Crippen molar-refractivity contribution in [3.8, 4) is 11.4 Å². The number of piperidine rings is 1. The molecule has 2 aromatic rings. The Kier molecular flexibility index (Phi) is 4.91. The van der Waals surface area contributed by atoms with E-state index < -0.39 is 21.2 Å². The Morgan fingerprint density at radius 2 is 1.92 bits per heavy atom. The molecule has 1 aromatic carbocycles. The topological polar surface area (TPSA) is 77.4 Å². The van der Waals surface area contributed by atoms with Crippen LogP contribution in [0.15, 0.2) is 46.2 Å². The molecule has 3 rings (SSSR count). The molecule has 2 heterocycles. The van der Waals surface area contributed by atoms with Gasteiger partial charge in [0.25, 0.3) is 5.56 Å². The molecule has 1 saturated heterocycles. The summed E-state index contributed by atoms with van der Waals surface area (Å²) < 4.78 is 44.1. The highest BCUT2D eigenvalue weighted by Crippen LogP contribution is 2.19. The van der Waals surface area contributed by atoms with Gasteiger partial charge in [-0.25, -0.2) is 12.8 Å². The van der Waals surface area contributed by atoms with Gasteiger partial charge in [0.1, 0.15) is 17.7 Å². The van der Waals surface area contributed by atoms with Crippen LogP contribution >= 0.6 is 0 Å². The van der Waals surface area contributed by atoms with E-state index in [0.717, 1.165) is 42.8 Å². The third kappa shape index (κ3) is 4.08. The van der Waals surface area contributed by atoms with E-state index in [-0.39, 0.29) is 16.7 Å². The van der Waals surface area contributed by atoms with Crippen LogP contribution in [-0.2, 0) is 9.84 Å². The van der Waals surface area contributed by atoms with Crippen molar-refractivity contribution < 1.29 is 17.5 Å². The van der Waals surface area contributed by atoms with Crippen LogP contribution in [0, 0.1) is 5.82 Å². The molecule has 8 heteroatoms. The van der Waals surface area contributed by atoms with E-state index in [1.165, 1.54) is 24.4 Å². The predicted molar refractivity (Wildman–Crippen MR) is 91.6 cm³/mol. The van der Waals surface area contributed by atoms with Crippen molar-refractivity contribution in [2.45, 2.75) is 23.8 Å². The molecule has 0 bridgehead atoms. The van der Waals surface area contributed by atoms with Crippen molar-refractivity contribution in [2.75, 3.05) is 19.3 Å². The number of nitrogens with one attached hydrogen (secondary N) is 1. The van der Waals surface area contributed by atoms with Crippen LogP contribution < -0.4 is 15.6 Å². The first-order chi connectivity index (χ1) is 11.8. The zero-order valence-corrected chi connectivity index (χ0v) is 14.6. The molecule has 0 spiro atoms. The van der Waals surface area contributed by atoms with Gasteiger partial charge >= 0.3 is 0 Å². The number of pyridine rings is 1. The Balaban J connectivity index is 1.87. The zero-order chi connectivity index (χ0) is 18.0. The minimum absolute atomic E-state index is 0.00850. The Labute approximate surface area is 145 Å². The molecule has 6 nitrogen and oxygen atoms in total. The van der Waals surface area contributed by atoms with Crippen molar-refractivity contribution in [3.05, 3.63) is 52.7 Å². The summed E-state index contributed by atoms with van der Waals surface area (Å²) in [6.45, 7) is 1.75. The highest BCUT2D eigenvalue weighted by molar-refractivity contribution is 7.90. The lowest BCUT2D eigenvalue weighted by Crippen LogP contribution is -2.34. The fourth-order valence-corrected chi connectivity index (χ4v) is 3.39.